The molecule has 94 valence electrons. The van der Waals surface area contributed by atoms with Gasteiger partial charge in [-0.3, -0.25) is 0 Å². The minimum absolute atomic E-state index is 0.0579. The van der Waals surface area contributed by atoms with Gasteiger partial charge in [-0.2, -0.15) is 0 Å². The van der Waals surface area contributed by atoms with Crippen molar-refractivity contribution in [2.45, 2.75) is 6.54 Å². The molecule has 2 aromatic rings. The number of aromatic nitrogens is 1. The maximum Gasteiger partial charge on any atom is 0.355 e. The predicted molar refractivity (Wildman–Crippen MR) is 69.4 cm³/mol. The number of hydrogen-bond donors (Lipinski definition) is 2. The lowest BCUT2D eigenvalue weighted by atomic mass is 10.2. The van der Waals surface area contributed by atoms with Crippen LogP contribution >= 0.6 is 11.3 Å². The van der Waals surface area contributed by atoms with Gasteiger partial charge in [0.25, 0.3) is 0 Å². The summed E-state index contributed by atoms with van der Waals surface area (Å²) in [5, 5.41) is 13.9. The Hall–Kier alpha value is -2.08. The van der Waals surface area contributed by atoms with Gasteiger partial charge in [0.05, 0.1) is 7.11 Å². The summed E-state index contributed by atoms with van der Waals surface area (Å²) in [7, 11) is 1.62. The summed E-state index contributed by atoms with van der Waals surface area (Å²) in [6.07, 6.45) is 0. The van der Waals surface area contributed by atoms with Crippen molar-refractivity contribution in [3.8, 4) is 5.75 Å². The van der Waals surface area contributed by atoms with Crippen molar-refractivity contribution < 1.29 is 14.6 Å². The molecule has 1 aromatic heterocycles. The average Bonchev–Trinajstić information content (AvgIpc) is 2.85. The number of benzene rings is 1. The zero-order valence-corrected chi connectivity index (χ0v) is 10.5. The van der Waals surface area contributed by atoms with Gasteiger partial charge in [-0.05, 0) is 6.07 Å². The largest absolute Gasteiger partial charge is 0.496 e. The number of thiazole rings is 1. The SMILES string of the molecule is COc1ccccc1CNc1nc(C(=O)O)cs1. The van der Waals surface area contributed by atoms with E-state index in [-0.39, 0.29) is 5.69 Å². The fourth-order valence-electron chi connectivity index (χ4n) is 1.47. The highest BCUT2D eigenvalue weighted by atomic mass is 32.1. The first-order chi connectivity index (χ1) is 8.70. The summed E-state index contributed by atoms with van der Waals surface area (Å²) in [6, 6.07) is 7.64. The van der Waals surface area contributed by atoms with E-state index >= 15 is 0 Å². The average molecular weight is 264 g/mol. The smallest absolute Gasteiger partial charge is 0.355 e. The summed E-state index contributed by atoms with van der Waals surface area (Å²) in [5.41, 5.74) is 1.05. The number of nitrogens with zero attached hydrogens (tertiary/aromatic N) is 1. The molecule has 2 rings (SSSR count). The van der Waals surface area contributed by atoms with Crippen LogP contribution in [0.4, 0.5) is 5.13 Å². The van der Waals surface area contributed by atoms with Crippen LogP contribution in [0, 0.1) is 0 Å². The number of aromatic carboxylic acids is 1. The van der Waals surface area contributed by atoms with E-state index in [1.807, 2.05) is 24.3 Å². The van der Waals surface area contributed by atoms with Crippen LogP contribution in [-0.4, -0.2) is 23.2 Å². The number of hydrogen-bond acceptors (Lipinski definition) is 5. The van der Waals surface area contributed by atoms with Crippen molar-refractivity contribution >= 4 is 22.4 Å². The number of nitrogens with one attached hydrogen (secondary N) is 1. The molecule has 0 aliphatic heterocycles. The zero-order valence-electron chi connectivity index (χ0n) is 9.71. The fourth-order valence-corrected chi connectivity index (χ4v) is 2.16. The van der Waals surface area contributed by atoms with Crippen molar-refractivity contribution in [3.05, 3.63) is 40.9 Å². The first kappa shape index (κ1) is 12.4. The minimum atomic E-state index is -1.02. The summed E-state index contributed by atoms with van der Waals surface area (Å²) in [4.78, 5) is 14.6. The van der Waals surface area contributed by atoms with Crippen LogP contribution < -0.4 is 10.1 Å². The Morgan fingerprint density at radius 3 is 2.94 bits per heavy atom. The molecular formula is C12H12N2O3S. The molecule has 0 aliphatic carbocycles. The molecule has 0 atom stereocenters. The van der Waals surface area contributed by atoms with Gasteiger partial charge >= 0.3 is 5.97 Å². The van der Waals surface area contributed by atoms with E-state index in [9.17, 15) is 4.79 Å². The molecule has 0 bridgehead atoms. The Balaban J connectivity index is 2.04. The number of carboxylic acids is 1. The Kier molecular flexibility index (Phi) is 3.78. The summed E-state index contributed by atoms with van der Waals surface area (Å²) in [5.74, 6) is -0.225. The van der Waals surface area contributed by atoms with Crippen LogP contribution in [0.3, 0.4) is 0 Å². The monoisotopic (exact) mass is 264 g/mol. The predicted octanol–water partition coefficient (Wildman–Crippen LogP) is 2.46. The Labute approximate surface area is 108 Å². The second kappa shape index (κ2) is 5.50. The number of para-hydroxylation sites is 1. The topological polar surface area (TPSA) is 71.5 Å². The van der Waals surface area contributed by atoms with E-state index in [1.165, 1.54) is 16.7 Å². The lowest BCUT2D eigenvalue weighted by Crippen LogP contribution is -2.02. The third-order valence-corrected chi connectivity index (χ3v) is 3.15. The molecule has 0 fully saturated rings. The van der Waals surface area contributed by atoms with Gasteiger partial charge in [-0.15, -0.1) is 11.3 Å². The van der Waals surface area contributed by atoms with Crippen molar-refractivity contribution in [2.24, 2.45) is 0 Å². The normalized spacial score (nSPS) is 10.1. The third-order valence-electron chi connectivity index (χ3n) is 2.35. The first-order valence-electron chi connectivity index (χ1n) is 5.25. The highest BCUT2D eigenvalue weighted by Gasteiger charge is 2.08. The zero-order chi connectivity index (χ0) is 13.0. The molecule has 0 amide bonds. The molecule has 6 heteroatoms. The van der Waals surface area contributed by atoms with Gasteiger partial charge in [-0.25, -0.2) is 9.78 Å². The third kappa shape index (κ3) is 2.78. The second-order valence-corrected chi connectivity index (χ2v) is 4.37. The van der Waals surface area contributed by atoms with Crippen LogP contribution in [0.1, 0.15) is 16.1 Å². The molecule has 0 unspecified atom stereocenters. The van der Waals surface area contributed by atoms with Gasteiger partial charge in [-0.1, -0.05) is 18.2 Å². The second-order valence-electron chi connectivity index (χ2n) is 3.51. The maximum absolute atomic E-state index is 10.7. The van der Waals surface area contributed by atoms with Crippen molar-refractivity contribution in [1.29, 1.82) is 0 Å². The standard InChI is InChI=1S/C12H12N2O3S/c1-17-10-5-3-2-4-8(10)6-13-12-14-9(7-18-12)11(15)16/h2-5,7H,6H2,1H3,(H,13,14)(H,15,16). The van der Waals surface area contributed by atoms with Crippen LogP contribution in [0.15, 0.2) is 29.6 Å². The Morgan fingerprint density at radius 1 is 1.50 bits per heavy atom. The van der Waals surface area contributed by atoms with Gasteiger partial charge in [0, 0.05) is 17.5 Å². The number of methoxy groups -OCH3 is 1. The molecule has 0 aliphatic rings. The van der Waals surface area contributed by atoms with Gasteiger partial charge < -0.3 is 15.2 Å². The molecule has 2 N–H and O–H groups in total. The maximum atomic E-state index is 10.7. The van der Waals surface area contributed by atoms with E-state index in [4.69, 9.17) is 9.84 Å². The Morgan fingerprint density at radius 2 is 2.28 bits per heavy atom. The van der Waals surface area contributed by atoms with E-state index in [0.29, 0.717) is 11.7 Å². The molecule has 1 heterocycles. The molecule has 0 spiro atoms. The molecular weight excluding hydrogens is 252 g/mol. The number of ether oxygens (including phenoxy) is 1. The quantitative estimate of drug-likeness (QED) is 0.868. The van der Waals surface area contributed by atoms with Crippen LogP contribution in [-0.2, 0) is 6.54 Å². The van der Waals surface area contributed by atoms with Crippen molar-refractivity contribution in [3.63, 3.8) is 0 Å². The minimum Gasteiger partial charge on any atom is -0.496 e. The summed E-state index contributed by atoms with van der Waals surface area (Å²) < 4.78 is 5.23. The van der Waals surface area contributed by atoms with E-state index in [2.05, 4.69) is 10.3 Å². The van der Waals surface area contributed by atoms with Crippen LogP contribution in [0.25, 0.3) is 0 Å². The molecule has 0 radical (unpaired) electrons. The first-order valence-corrected chi connectivity index (χ1v) is 6.13. The van der Waals surface area contributed by atoms with Gasteiger partial charge in [0.1, 0.15) is 5.75 Å². The van der Waals surface area contributed by atoms with Gasteiger partial charge in [0.15, 0.2) is 10.8 Å². The number of rotatable bonds is 5. The molecule has 0 saturated heterocycles. The van der Waals surface area contributed by atoms with Gasteiger partial charge in [0.2, 0.25) is 0 Å². The summed E-state index contributed by atoms with van der Waals surface area (Å²) >= 11 is 1.27. The Bertz CT molecular complexity index is 554. The number of carboxylic acid groups (broad SMARTS) is 1. The van der Waals surface area contributed by atoms with E-state index < -0.39 is 5.97 Å². The molecule has 5 nitrogen and oxygen atoms in total. The lowest BCUT2D eigenvalue weighted by molar-refractivity contribution is 0.0691. The van der Waals surface area contributed by atoms with E-state index in [1.54, 1.807) is 7.11 Å². The molecule has 18 heavy (non-hydrogen) atoms. The molecule has 0 saturated carbocycles. The highest BCUT2D eigenvalue weighted by Crippen LogP contribution is 2.20. The number of carbonyl (C=O) groups is 1. The van der Waals surface area contributed by atoms with E-state index in [0.717, 1.165) is 11.3 Å². The van der Waals surface area contributed by atoms with Crippen LogP contribution in [0.2, 0.25) is 0 Å². The lowest BCUT2D eigenvalue weighted by Gasteiger charge is -2.08. The highest BCUT2D eigenvalue weighted by molar-refractivity contribution is 7.13. The fraction of sp³-hybridized carbons (Fsp3) is 0.167. The van der Waals surface area contributed by atoms with Crippen molar-refractivity contribution in [2.75, 3.05) is 12.4 Å². The summed E-state index contributed by atoms with van der Waals surface area (Å²) in [6.45, 7) is 0.538. The van der Waals surface area contributed by atoms with Crippen LogP contribution in [0.5, 0.6) is 5.75 Å². The molecule has 1 aromatic carbocycles. The van der Waals surface area contributed by atoms with Crippen molar-refractivity contribution in [1.82, 2.24) is 4.98 Å². The number of anilines is 1.